The molecule has 4 nitrogen and oxygen atoms in total. The van der Waals surface area contributed by atoms with Crippen LogP contribution in [0.3, 0.4) is 0 Å². The average molecular weight is 385 g/mol. The molecule has 0 amide bonds. The Morgan fingerprint density at radius 1 is 0.929 bits per heavy atom. The molecule has 4 heteroatoms. The van der Waals surface area contributed by atoms with Crippen LogP contribution in [0.25, 0.3) is 0 Å². The molecule has 1 aliphatic heterocycles. The van der Waals surface area contributed by atoms with E-state index in [-0.39, 0.29) is 5.60 Å². The van der Waals surface area contributed by atoms with E-state index in [0.717, 1.165) is 48.7 Å². The second-order valence-corrected chi connectivity index (χ2v) is 8.12. The van der Waals surface area contributed by atoms with E-state index in [1.165, 1.54) is 27.8 Å². The summed E-state index contributed by atoms with van der Waals surface area (Å²) in [5, 5.41) is 0. The maximum Gasteiger partial charge on any atom is 0.160 e. The molecule has 0 atom stereocenters. The van der Waals surface area contributed by atoms with Crippen molar-refractivity contribution in [3.05, 3.63) is 46.0 Å². The van der Waals surface area contributed by atoms with Crippen LogP contribution in [-0.4, -0.2) is 26.9 Å². The molecule has 0 aromatic heterocycles. The second kappa shape index (κ2) is 7.94. The van der Waals surface area contributed by atoms with Crippen LogP contribution in [0.5, 0.6) is 23.0 Å². The van der Waals surface area contributed by atoms with Crippen LogP contribution < -0.4 is 18.9 Å². The smallest absolute Gasteiger partial charge is 0.160 e. The minimum atomic E-state index is -0.126. The van der Waals surface area contributed by atoms with E-state index in [1.807, 2.05) is 6.07 Å². The maximum absolute atomic E-state index is 6.40. The normalized spacial score (nSPS) is 14.8. The number of hydrogen-bond donors (Lipinski definition) is 0. The van der Waals surface area contributed by atoms with Gasteiger partial charge in [0.1, 0.15) is 17.1 Å². The predicted octanol–water partition coefficient (Wildman–Crippen LogP) is 5.22. The van der Waals surface area contributed by atoms with Crippen molar-refractivity contribution >= 4 is 0 Å². The second-order valence-electron chi connectivity index (χ2n) is 8.12. The lowest BCUT2D eigenvalue weighted by atomic mass is 9.85. The highest BCUT2D eigenvalue weighted by molar-refractivity contribution is 5.59. The highest BCUT2D eigenvalue weighted by Crippen LogP contribution is 2.44. The molecule has 0 saturated heterocycles. The van der Waals surface area contributed by atoms with Crippen LogP contribution in [-0.2, 0) is 19.3 Å². The standard InChI is InChI=1S/C24H32O4/c1-15-16(2)23-19(12-13-24(3,4)28-23)18(22(15)27-7)10-8-17-9-11-20(25-5)21(14-17)26-6/h9,11,14H,8,10,12-13H2,1-7H3. The first kappa shape index (κ1) is 20.4. The van der Waals surface area contributed by atoms with E-state index in [2.05, 4.69) is 39.8 Å². The van der Waals surface area contributed by atoms with E-state index in [1.54, 1.807) is 21.3 Å². The van der Waals surface area contributed by atoms with Gasteiger partial charge in [0.25, 0.3) is 0 Å². The van der Waals surface area contributed by atoms with Crippen molar-refractivity contribution < 1.29 is 18.9 Å². The molecule has 0 N–H and O–H groups in total. The SMILES string of the molecule is COc1ccc(CCc2c3c(c(C)c(C)c2OC)OC(C)(C)CC3)cc1OC. The zero-order valence-electron chi connectivity index (χ0n) is 18.2. The molecule has 0 spiro atoms. The van der Waals surface area contributed by atoms with Crippen LogP contribution in [0.1, 0.15) is 48.1 Å². The van der Waals surface area contributed by atoms with Gasteiger partial charge in [-0.1, -0.05) is 6.07 Å². The van der Waals surface area contributed by atoms with E-state index >= 15 is 0 Å². The first-order valence-corrected chi connectivity index (χ1v) is 9.90. The highest BCUT2D eigenvalue weighted by atomic mass is 16.5. The summed E-state index contributed by atoms with van der Waals surface area (Å²) in [7, 11) is 5.09. The lowest BCUT2D eigenvalue weighted by Gasteiger charge is -2.36. The molecule has 1 heterocycles. The third-order valence-corrected chi connectivity index (χ3v) is 5.83. The fraction of sp³-hybridized carbons (Fsp3) is 0.500. The summed E-state index contributed by atoms with van der Waals surface area (Å²) in [6.07, 6.45) is 3.82. The van der Waals surface area contributed by atoms with Gasteiger partial charge >= 0.3 is 0 Å². The number of aryl methyl sites for hydroxylation is 1. The Kier molecular flexibility index (Phi) is 5.78. The van der Waals surface area contributed by atoms with Crippen molar-refractivity contribution in [2.75, 3.05) is 21.3 Å². The van der Waals surface area contributed by atoms with Crippen LogP contribution >= 0.6 is 0 Å². The Morgan fingerprint density at radius 3 is 2.29 bits per heavy atom. The van der Waals surface area contributed by atoms with Crippen molar-refractivity contribution in [1.29, 1.82) is 0 Å². The Hall–Kier alpha value is -2.36. The zero-order chi connectivity index (χ0) is 20.5. The molecule has 28 heavy (non-hydrogen) atoms. The van der Waals surface area contributed by atoms with Gasteiger partial charge in [0.15, 0.2) is 11.5 Å². The third kappa shape index (κ3) is 3.78. The monoisotopic (exact) mass is 384 g/mol. The Labute approximate surface area is 168 Å². The van der Waals surface area contributed by atoms with Crippen molar-refractivity contribution in [2.45, 2.75) is 59.0 Å². The van der Waals surface area contributed by atoms with Crippen molar-refractivity contribution in [2.24, 2.45) is 0 Å². The van der Waals surface area contributed by atoms with Gasteiger partial charge in [-0.3, -0.25) is 0 Å². The van der Waals surface area contributed by atoms with Gasteiger partial charge in [-0.25, -0.2) is 0 Å². The minimum Gasteiger partial charge on any atom is -0.496 e. The molecule has 0 bridgehead atoms. The van der Waals surface area contributed by atoms with Crippen LogP contribution in [0, 0.1) is 13.8 Å². The number of rotatable bonds is 6. The topological polar surface area (TPSA) is 36.9 Å². The third-order valence-electron chi connectivity index (χ3n) is 5.83. The number of fused-ring (bicyclic) bond motifs is 1. The molecule has 152 valence electrons. The van der Waals surface area contributed by atoms with E-state index in [4.69, 9.17) is 18.9 Å². The van der Waals surface area contributed by atoms with Gasteiger partial charge in [0.2, 0.25) is 0 Å². The molecular weight excluding hydrogens is 352 g/mol. The van der Waals surface area contributed by atoms with Gasteiger partial charge in [-0.2, -0.15) is 0 Å². The first-order valence-electron chi connectivity index (χ1n) is 9.90. The molecule has 3 rings (SSSR count). The number of methoxy groups -OCH3 is 3. The maximum atomic E-state index is 6.40. The molecule has 0 saturated carbocycles. The summed E-state index contributed by atoms with van der Waals surface area (Å²) in [4.78, 5) is 0. The molecule has 2 aromatic carbocycles. The predicted molar refractivity (Wildman–Crippen MR) is 112 cm³/mol. The molecule has 0 radical (unpaired) electrons. The summed E-state index contributed by atoms with van der Waals surface area (Å²) in [5.74, 6) is 3.57. The molecule has 0 fully saturated rings. The molecule has 1 aliphatic rings. The summed E-state index contributed by atoms with van der Waals surface area (Å²) in [6, 6.07) is 6.12. The number of ether oxygens (including phenoxy) is 4. The van der Waals surface area contributed by atoms with E-state index < -0.39 is 0 Å². The van der Waals surface area contributed by atoms with Crippen molar-refractivity contribution in [1.82, 2.24) is 0 Å². The minimum absolute atomic E-state index is 0.126. The van der Waals surface area contributed by atoms with Gasteiger partial charge < -0.3 is 18.9 Å². The van der Waals surface area contributed by atoms with Crippen LogP contribution in [0.4, 0.5) is 0 Å². The Bertz CT molecular complexity index is 868. The van der Waals surface area contributed by atoms with Gasteiger partial charge in [0, 0.05) is 11.1 Å². The average Bonchev–Trinajstić information content (AvgIpc) is 2.68. The Balaban J connectivity index is 1.97. The lowest BCUT2D eigenvalue weighted by molar-refractivity contribution is 0.0830. The lowest BCUT2D eigenvalue weighted by Crippen LogP contribution is -2.33. The first-order chi connectivity index (χ1) is 13.3. The van der Waals surface area contributed by atoms with Gasteiger partial charge in [0.05, 0.1) is 21.3 Å². The van der Waals surface area contributed by atoms with E-state index in [9.17, 15) is 0 Å². The molecule has 2 aromatic rings. The summed E-state index contributed by atoms with van der Waals surface area (Å²) in [5.41, 5.74) is 6.02. The summed E-state index contributed by atoms with van der Waals surface area (Å²) in [6.45, 7) is 8.59. The Morgan fingerprint density at radius 2 is 1.64 bits per heavy atom. The fourth-order valence-corrected chi connectivity index (χ4v) is 4.07. The fourth-order valence-electron chi connectivity index (χ4n) is 4.07. The largest absolute Gasteiger partial charge is 0.496 e. The zero-order valence-corrected chi connectivity index (χ0v) is 18.2. The van der Waals surface area contributed by atoms with Gasteiger partial charge in [-0.05, 0) is 82.2 Å². The molecule has 0 aliphatic carbocycles. The summed E-state index contributed by atoms with van der Waals surface area (Å²) < 4.78 is 23.0. The quantitative estimate of drug-likeness (QED) is 0.684. The van der Waals surface area contributed by atoms with Gasteiger partial charge in [-0.15, -0.1) is 0 Å². The number of hydrogen-bond acceptors (Lipinski definition) is 4. The molecule has 0 unspecified atom stereocenters. The van der Waals surface area contributed by atoms with Crippen molar-refractivity contribution in [3.63, 3.8) is 0 Å². The van der Waals surface area contributed by atoms with Crippen molar-refractivity contribution in [3.8, 4) is 23.0 Å². The summed E-state index contributed by atoms with van der Waals surface area (Å²) >= 11 is 0. The number of benzene rings is 2. The molecular formula is C24H32O4. The van der Waals surface area contributed by atoms with Crippen LogP contribution in [0.15, 0.2) is 18.2 Å². The van der Waals surface area contributed by atoms with Crippen LogP contribution in [0.2, 0.25) is 0 Å². The highest BCUT2D eigenvalue weighted by Gasteiger charge is 2.31. The van der Waals surface area contributed by atoms with E-state index in [0.29, 0.717) is 0 Å².